The maximum Gasteiger partial charge on any atom is 0.455 e. The molecular formula is C16H12B2F8N4O3. The Bertz CT molecular complexity index is 1250. The van der Waals surface area contributed by atoms with Gasteiger partial charge in [0, 0.05) is 24.0 Å². The van der Waals surface area contributed by atoms with Crippen molar-refractivity contribution in [2.24, 2.45) is 0 Å². The van der Waals surface area contributed by atoms with Crippen LogP contribution in [0.4, 0.5) is 35.1 Å². The second-order valence-electron chi connectivity index (χ2n) is 7.41. The molecular weight excluding hydrogens is 470 g/mol. The van der Waals surface area contributed by atoms with Gasteiger partial charge >= 0.3 is 18.3 Å². The van der Waals surface area contributed by atoms with Crippen molar-refractivity contribution >= 4 is 21.3 Å². The van der Waals surface area contributed by atoms with Gasteiger partial charge in [-0.05, 0) is 6.07 Å². The number of hydrogen-bond acceptors (Lipinski definition) is 5. The SMILES string of the molecule is BC(B)(O)Oc1ccn2c(=O)c(-c3cnn(CC(F)(F)C(F)(F)F)c3)c(C(F)(F)F)nc2c1. The number of fused-ring (bicyclic) bond motifs is 1. The maximum absolute atomic E-state index is 13.7. The van der Waals surface area contributed by atoms with Crippen molar-refractivity contribution in [3.63, 3.8) is 0 Å². The van der Waals surface area contributed by atoms with Gasteiger partial charge in [0.15, 0.2) is 21.4 Å². The number of hydrogen-bond donors (Lipinski definition) is 1. The van der Waals surface area contributed by atoms with E-state index in [4.69, 9.17) is 4.74 Å². The number of rotatable bonds is 5. The van der Waals surface area contributed by atoms with Crippen molar-refractivity contribution in [2.75, 3.05) is 0 Å². The standard InChI is InChI=1S/C16H12B2F8N4O3/c17-16(18,32)33-8-1-2-30-9(3-8)28-11(14(21,22)23)10(12(30)31)7-4-27-29(5-7)6-13(19,20)15(24,25)26/h1-5,32H,6,17-18H2. The van der Waals surface area contributed by atoms with Crippen molar-refractivity contribution in [3.8, 4) is 16.9 Å². The first-order valence-electron chi connectivity index (χ1n) is 8.91. The second-order valence-corrected chi connectivity index (χ2v) is 7.41. The average Bonchev–Trinajstić information content (AvgIpc) is 3.05. The van der Waals surface area contributed by atoms with Crippen LogP contribution in [0.15, 0.2) is 35.5 Å². The number of halogens is 8. The van der Waals surface area contributed by atoms with Crippen LogP contribution in [0.5, 0.6) is 5.75 Å². The van der Waals surface area contributed by atoms with E-state index in [0.717, 1.165) is 18.3 Å². The molecule has 33 heavy (non-hydrogen) atoms. The summed E-state index contributed by atoms with van der Waals surface area (Å²) in [5.74, 6) is -5.33. The van der Waals surface area contributed by atoms with E-state index in [-0.39, 0.29) is 10.4 Å². The number of aliphatic hydroxyl groups is 1. The zero-order valence-electron chi connectivity index (χ0n) is 16.7. The summed E-state index contributed by atoms with van der Waals surface area (Å²) in [6, 6.07) is 2.10. The lowest BCUT2D eigenvalue weighted by atomic mass is 9.76. The van der Waals surface area contributed by atoms with Crippen molar-refractivity contribution in [1.82, 2.24) is 19.2 Å². The Kier molecular flexibility index (Phi) is 5.76. The third-order valence-corrected chi connectivity index (χ3v) is 4.14. The van der Waals surface area contributed by atoms with E-state index in [1.807, 2.05) is 0 Å². The molecule has 0 aliphatic rings. The van der Waals surface area contributed by atoms with Gasteiger partial charge in [-0.25, -0.2) is 4.98 Å². The molecule has 0 spiro atoms. The van der Waals surface area contributed by atoms with E-state index in [2.05, 4.69) is 10.1 Å². The van der Waals surface area contributed by atoms with Crippen molar-refractivity contribution in [1.29, 1.82) is 0 Å². The Morgan fingerprint density at radius 3 is 2.27 bits per heavy atom. The normalized spacial score (nSPS) is 13.5. The molecule has 0 aliphatic carbocycles. The Morgan fingerprint density at radius 1 is 1.09 bits per heavy atom. The molecule has 0 bridgehead atoms. The fourth-order valence-corrected chi connectivity index (χ4v) is 2.81. The molecule has 0 amide bonds. The molecule has 0 saturated heterocycles. The van der Waals surface area contributed by atoms with E-state index in [1.165, 1.54) is 15.7 Å². The Labute approximate surface area is 180 Å². The highest BCUT2D eigenvalue weighted by Gasteiger charge is 2.57. The molecule has 0 radical (unpaired) electrons. The van der Waals surface area contributed by atoms with Gasteiger partial charge in [-0.15, -0.1) is 0 Å². The Hall–Kier alpha value is -3.10. The zero-order valence-corrected chi connectivity index (χ0v) is 16.7. The van der Waals surface area contributed by atoms with E-state index in [1.54, 1.807) is 0 Å². The predicted molar refractivity (Wildman–Crippen MR) is 101 cm³/mol. The molecule has 0 unspecified atom stereocenters. The fourth-order valence-electron chi connectivity index (χ4n) is 2.81. The second kappa shape index (κ2) is 7.74. The monoisotopic (exact) mass is 482 g/mol. The summed E-state index contributed by atoms with van der Waals surface area (Å²) >= 11 is 0. The van der Waals surface area contributed by atoms with Gasteiger partial charge in [0.1, 0.15) is 23.5 Å². The van der Waals surface area contributed by atoms with Crippen molar-refractivity contribution in [3.05, 3.63) is 46.8 Å². The molecule has 17 heteroatoms. The van der Waals surface area contributed by atoms with Crippen LogP contribution >= 0.6 is 0 Å². The van der Waals surface area contributed by atoms with Crippen LogP contribution in [0.25, 0.3) is 16.8 Å². The van der Waals surface area contributed by atoms with Crippen LogP contribution in [-0.4, -0.2) is 57.6 Å². The summed E-state index contributed by atoms with van der Waals surface area (Å²) in [6.07, 6.45) is -9.10. The number of pyridine rings is 1. The van der Waals surface area contributed by atoms with Crippen molar-refractivity contribution in [2.45, 2.75) is 30.4 Å². The van der Waals surface area contributed by atoms with Crippen LogP contribution in [-0.2, 0) is 12.7 Å². The van der Waals surface area contributed by atoms with E-state index >= 15 is 0 Å². The molecule has 3 aromatic rings. The topological polar surface area (TPSA) is 81.7 Å². The van der Waals surface area contributed by atoms with Gasteiger partial charge < -0.3 is 9.84 Å². The molecule has 3 aromatic heterocycles. The Morgan fingerprint density at radius 2 is 1.73 bits per heavy atom. The molecule has 176 valence electrons. The molecule has 7 nitrogen and oxygen atoms in total. The van der Waals surface area contributed by atoms with Crippen LogP contribution in [0.1, 0.15) is 5.69 Å². The van der Waals surface area contributed by atoms with E-state index < -0.39 is 58.4 Å². The molecule has 0 saturated carbocycles. The molecule has 1 N–H and O–H groups in total. The lowest BCUT2D eigenvalue weighted by Gasteiger charge is -2.21. The number of nitrogens with zero attached hydrogens (tertiary/aromatic N) is 4. The Balaban J connectivity index is 2.15. The van der Waals surface area contributed by atoms with E-state index in [0.29, 0.717) is 16.8 Å². The zero-order chi connectivity index (χ0) is 25.0. The smallest absolute Gasteiger partial charge is 0.455 e. The highest BCUT2D eigenvalue weighted by atomic mass is 19.4. The van der Waals surface area contributed by atoms with E-state index in [9.17, 15) is 45.0 Å². The third kappa shape index (κ3) is 5.12. The molecule has 0 aliphatic heterocycles. The minimum atomic E-state index is -5.91. The van der Waals surface area contributed by atoms with Gasteiger partial charge in [-0.2, -0.15) is 40.2 Å². The first kappa shape index (κ1) is 24.5. The maximum atomic E-state index is 13.7. The first-order chi connectivity index (χ1) is 14.9. The van der Waals surface area contributed by atoms with Gasteiger partial charge in [-0.3, -0.25) is 13.9 Å². The molecule has 0 atom stereocenters. The summed E-state index contributed by atoms with van der Waals surface area (Å²) in [7, 11) is 2.50. The quantitative estimate of drug-likeness (QED) is 0.334. The molecule has 0 fully saturated rings. The van der Waals surface area contributed by atoms with Crippen molar-refractivity contribution < 1.29 is 45.0 Å². The number of alkyl halides is 8. The van der Waals surface area contributed by atoms with Gasteiger partial charge in [0.05, 0.1) is 11.8 Å². The molecule has 0 aromatic carbocycles. The highest BCUT2D eigenvalue weighted by molar-refractivity contribution is 6.37. The summed E-state index contributed by atoms with van der Waals surface area (Å²) in [4.78, 5) is 16.2. The van der Waals surface area contributed by atoms with Gasteiger partial charge in [-0.1, -0.05) is 0 Å². The molecule has 3 rings (SSSR count). The van der Waals surface area contributed by atoms with Crippen LogP contribution in [0, 0.1) is 0 Å². The lowest BCUT2D eigenvalue weighted by Crippen LogP contribution is -2.40. The minimum absolute atomic E-state index is 0.0809. The van der Waals surface area contributed by atoms with Gasteiger partial charge in [0.25, 0.3) is 5.56 Å². The number of aromatic nitrogens is 4. The first-order valence-corrected chi connectivity index (χ1v) is 8.91. The third-order valence-electron chi connectivity index (χ3n) is 4.14. The largest absolute Gasteiger partial charge is 0.480 e. The molecule has 3 heterocycles. The number of ether oxygens (including phenoxy) is 1. The summed E-state index contributed by atoms with van der Waals surface area (Å²) < 4.78 is 111. The minimum Gasteiger partial charge on any atom is -0.480 e. The summed E-state index contributed by atoms with van der Waals surface area (Å²) in [5, 5.41) is 12.9. The predicted octanol–water partition coefficient (Wildman–Crippen LogP) is 1.02. The summed E-state index contributed by atoms with van der Waals surface area (Å²) in [5.41, 5.74) is -6.98. The lowest BCUT2D eigenvalue weighted by molar-refractivity contribution is -0.287. The van der Waals surface area contributed by atoms with Crippen LogP contribution in [0.3, 0.4) is 0 Å². The fraction of sp³-hybridized carbons (Fsp3) is 0.312. The highest BCUT2D eigenvalue weighted by Crippen LogP contribution is 2.38. The van der Waals surface area contributed by atoms with Crippen LogP contribution < -0.4 is 10.3 Å². The summed E-state index contributed by atoms with van der Waals surface area (Å²) in [6.45, 7) is -2.00. The average molecular weight is 482 g/mol. The van der Waals surface area contributed by atoms with Gasteiger partial charge in [0.2, 0.25) is 0 Å². The van der Waals surface area contributed by atoms with Crippen LogP contribution in [0.2, 0.25) is 0 Å².